The smallest absolute Gasteiger partial charge is 0.270 e. The van der Waals surface area contributed by atoms with Gasteiger partial charge in [-0.2, -0.15) is 0 Å². The molecule has 0 spiro atoms. The lowest BCUT2D eigenvalue weighted by Crippen LogP contribution is -2.24. The number of para-hydroxylation sites is 1. The Balaban J connectivity index is 1.66. The lowest BCUT2D eigenvalue weighted by molar-refractivity contribution is 0.0945. The number of aromatic nitrogens is 1. The summed E-state index contributed by atoms with van der Waals surface area (Å²) in [5.41, 5.74) is 4.13. The van der Waals surface area contributed by atoms with Crippen LogP contribution in [0.1, 0.15) is 16.1 Å². The van der Waals surface area contributed by atoms with Crippen molar-refractivity contribution < 1.29 is 9.53 Å². The van der Waals surface area contributed by atoms with Crippen molar-refractivity contribution in [1.29, 1.82) is 0 Å². The molecule has 0 bridgehead atoms. The molecule has 2 N–H and O–H groups in total. The Morgan fingerprint density at radius 3 is 2.50 bits per heavy atom. The number of ether oxygens (including phenoxy) is 1. The van der Waals surface area contributed by atoms with Crippen molar-refractivity contribution in [3.63, 3.8) is 0 Å². The monoisotopic (exact) mass is 376 g/mol. The maximum Gasteiger partial charge on any atom is 0.270 e. The normalized spacial score (nSPS) is 10.2. The zero-order valence-electron chi connectivity index (χ0n) is 16.3. The summed E-state index contributed by atoms with van der Waals surface area (Å²) >= 11 is 0. The summed E-state index contributed by atoms with van der Waals surface area (Å²) in [6.07, 6.45) is 1.62. The maximum atomic E-state index is 12.5. The Bertz CT molecular complexity index is 939. The third-order valence-electron chi connectivity index (χ3n) is 4.30. The molecular weight excluding hydrogens is 352 g/mol. The first-order chi connectivity index (χ1) is 13.6. The zero-order valence-corrected chi connectivity index (χ0v) is 16.3. The van der Waals surface area contributed by atoms with Gasteiger partial charge in [0.05, 0.1) is 7.11 Å². The Labute approximate surface area is 165 Å². The average Bonchev–Trinajstić information content (AvgIpc) is 2.72. The van der Waals surface area contributed by atoms with Gasteiger partial charge in [-0.25, -0.2) is 0 Å². The molecule has 0 saturated heterocycles. The van der Waals surface area contributed by atoms with E-state index in [1.165, 1.54) is 0 Å². The molecule has 0 saturated carbocycles. The van der Waals surface area contributed by atoms with Gasteiger partial charge in [-0.1, -0.05) is 18.2 Å². The third kappa shape index (κ3) is 4.79. The predicted molar refractivity (Wildman–Crippen MR) is 112 cm³/mol. The van der Waals surface area contributed by atoms with Crippen molar-refractivity contribution in [3.8, 4) is 5.75 Å². The minimum Gasteiger partial charge on any atom is -0.496 e. The number of nitrogens with zero attached hydrogens (tertiary/aromatic N) is 2. The summed E-state index contributed by atoms with van der Waals surface area (Å²) in [5, 5.41) is 6.19. The molecule has 28 heavy (non-hydrogen) atoms. The molecule has 6 heteroatoms. The molecule has 1 aromatic heterocycles. The van der Waals surface area contributed by atoms with Gasteiger partial charge < -0.3 is 20.3 Å². The molecule has 144 valence electrons. The van der Waals surface area contributed by atoms with E-state index in [2.05, 4.69) is 15.6 Å². The van der Waals surface area contributed by atoms with E-state index >= 15 is 0 Å². The van der Waals surface area contributed by atoms with Gasteiger partial charge in [0.25, 0.3) is 5.91 Å². The molecule has 3 aromatic rings. The number of methoxy groups -OCH3 is 1. The van der Waals surface area contributed by atoms with Crippen LogP contribution >= 0.6 is 0 Å². The van der Waals surface area contributed by atoms with Crippen molar-refractivity contribution in [1.82, 2.24) is 10.3 Å². The van der Waals surface area contributed by atoms with Crippen LogP contribution in [-0.4, -0.2) is 32.1 Å². The minimum atomic E-state index is -0.238. The van der Waals surface area contributed by atoms with E-state index in [4.69, 9.17) is 4.74 Å². The van der Waals surface area contributed by atoms with Crippen LogP contribution in [0, 0.1) is 0 Å². The van der Waals surface area contributed by atoms with Gasteiger partial charge >= 0.3 is 0 Å². The van der Waals surface area contributed by atoms with Crippen LogP contribution in [-0.2, 0) is 6.54 Å². The van der Waals surface area contributed by atoms with Crippen molar-refractivity contribution in [2.75, 3.05) is 31.4 Å². The van der Waals surface area contributed by atoms with E-state index in [1.807, 2.05) is 73.6 Å². The number of carbonyl (C=O) groups is 1. The molecule has 0 radical (unpaired) electrons. The second-order valence-corrected chi connectivity index (χ2v) is 6.49. The van der Waals surface area contributed by atoms with Gasteiger partial charge in [0.1, 0.15) is 11.4 Å². The first-order valence-electron chi connectivity index (χ1n) is 8.97. The van der Waals surface area contributed by atoms with Crippen LogP contribution in [0.15, 0.2) is 66.9 Å². The van der Waals surface area contributed by atoms with Gasteiger partial charge in [0.2, 0.25) is 0 Å². The highest BCUT2D eigenvalue weighted by Crippen LogP contribution is 2.21. The lowest BCUT2D eigenvalue weighted by atomic mass is 10.2. The quantitative estimate of drug-likeness (QED) is 0.656. The summed E-state index contributed by atoms with van der Waals surface area (Å²) in [4.78, 5) is 18.7. The molecule has 0 atom stereocenters. The van der Waals surface area contributed by atoms with E-state index in [9.17, 15) is 4.79 Å². The number of pyridine rings is 1. The largest absolute Gasteiger partial charge is 0.496 e. The molecule has 6 nitrogen and oxygen atoms in total. The second kappa shape index (κ2) is 8.90. The van der Waals surface area contributed by atoms with Gasteiger partial charge in [0.15, 0.2) is 0 Å². The Morgan fingerprint density at radius 1 is 1.04 bits per heavy atom. The van der Waals surface area contributed by atoms with E-state index in [0.29, 0.717) is 12.2 Å². The summed E-state index contributed by atoms with van der Waals surface area (Å²) in [6.45, 7) is 0.369. The molecular formula is C22H24N4O2. The van der Waals surface area contributed by atoms with Crippen molar-refractivity contribution >= 4 is 23.0 Å². The highest BCUT2D eigenvalue weighted by Gasteiger charge is 2.10. The fraction of sp³-hybridized carbons (Fsp3) is 0.182. The van der Waals surface area contributed by atoms with E-state index in [-0.39, 0.29) is 5.91 Å². The van der Waals surface area contributed by atoms with Gasteiger partial charge in [0, 0.05) is 49.5 Å². The van der Waals surface area contributed by atoms with Crippen LogP contribution in [0.3, 0.4) is 0 Å². The van der Waals surface area contributed by atoms with E-state index in [1.54, 1.807) is 19.4 Å². The average molecular weight is 376 g/mol. The Morgan fingerprint density at radius 2 is 1.79 bits per heavy atom. The molecule has 0 aliphatic rings. The van der Waals surface area contributed by atoms with Crippen LogP contribution < -0.4 is 20.3 Å². The maximum absolute atomic E-state index is 12.5. The SMILES string of the molecule is COc1ccccc1CNC(=O)c1cc(Nc2ccc(N(C)C)cc2)ccn1. The molecule has 0 aliphatic heterocycles. The number of rotatable bonds is 7. The molecule has 0 aliphatic carbocycles. The predicted octanol–water partition coefficient (Wildman–Crippen LogP) is 3.83. The molecule has 1 amide bonds. The number of amides is 1. The third-order valence-corrected chi connectivity index (χ3v) is 4.30. The molecule has 1 heterocycles. The van der Waals surface area contributed by atoms with Crippen LogP contribution in [0.2, 0.25) is 0 Å². The molecule has 2 aromatic carbocycles. The Hall–Kier alpha value is -3.54. The van der Waals surface area contributed by atoms with Crippen molar-refractivity contribution in [3.05, 3.63) is 78.1 Å². The van der Waals surface area contributed by atoms with Crippen LogP contribution in [0.5, 0.6) is 5.75 Å². The van der Waals surface area contributed by atoms with Gasteiger partial charge in [-0.05, 0) is 42.5 Å². The molecule has 3 rings (SSSR count). The summed E-state index contributed by atoms with van der Waals surface area (Å²) in [5.74, 6) is 0.504. The highest BCUT2D eigenvalue weighted by atomic mass is 16.5. The topological polar surface area (TPSA) is 66.5 Å². The number of nitrogens with one attached hydrogen (secondary N) is 2. The Kier molecular flexibility index (Phi) is 6.11. The number of carbonyl (C=O) groups excluding carboxylic acids is 1. The summed E-state index contributed by atoms with van der Waals surface area (Å²) in [6, 6.07) is 19.2. The van der Waals surface area contributed by atoms with E-state index in [0.717, 1.165) is 28.4 Å². The number of hydrogen-bond donors (Lipinski definition) is 2. The fourth-order valence-corrected chi connectivity index (χ4v) is 2.76. The van der Waals surface area contributed by atoms with Gasteiger partial charge in [-0.3, -0.25) is 9.78 Å². The number of anilines is 3. The fourth-order valence-electron chi connectivity index (χ4n) is 2.76. The first kappa shape index (κ1) is 19.2. The van der Waals surface area contributed by atoms with Crippen LogP contribution in [0.4, 0.5) is 17.1 Å². The van der Waals surface area contributed by atoms with E-state index < -0.39 is 0 Å². The summed E-state index contributed by atoms with van der Waals surface area (Å²) < 4.78 is 5.31. The van der Waals surface area contributed by atoms with Crippen LogP contribution in [0.25, 0.3) is 0 Å². The second-order valence-electron chi connectivity index (χ2n) is 6.49. The summed E-state index contributed by atoms with van der Waals surface area (Å²) in [7, 11) is 5.62. The van der Waals surface area contributed by atoms with Crippen molar-refractivity contribution in [2.45, 2.75) is 6.54 Å². The minimum absolute atomic E-state index is 0.238. The standard InChI is InChI=1S/C22H24N4O2/c1-26(2)19-10-8-17(9-11-19)25-18-12-13-23-20(14-18)22(27)24-15-16-6-4-5-7-21(16)28-3/h4-14H,15H2,1-3H3,(H,23,25)(H,24,27). The van der Waals surface area contributed by atoms with Gasteiger partial charge in [-0.15, -0.1) is 0 Å². The number of hydrogen-bond acceptors (Lipinski definition) is 5. The lowest BCUT2D eigenvalue weighted by Gasteiger charge is -2.13. The first-order valence-corrected chi connectivity index (χ1v) is 8.97. The van der Waals surface area contributed by atoms with Crippen molar-refractivity contribution in [2.24, 2.45) is 0 Å². The highest BCUT2D eigenvalue weighted by molar-refractivity contribution is 5.93. The zero-order chi connectivity index (χ0) is 19.9. The molecule has 0 fully saturated rings. The molecule has 0 unspecified atom stereocenters. The number of benzene rings is 2.